The van der Waals surface area contributed by atoms with Crippen molar-refractivity contribution in [2.45, 2.75) is 25.6 Å². The SMILES string of the molecule is CCO[CH]C(Cl)CC. The van der Waals surface area contributed by atoms with Crippen molar-refractivity contribution < 1.29 is 4.74 Å². The van der Waals surface area contributed by atoms with Crippen LogP contribution in [0.2, 0.25) is 0 Å². The monoisotopic (exact) mass is 135 g/mol. The summed E-state index contributed by atoms with van der Waals surface area (Å²) in [6, 6.07) is 0. The lowest BCUT2D eigenvalue weighted by Crippen LogP contribution is -1.99. The second-order valence-corrected chi connectivity index (χ2v) is 2.08. The van der Waals surface area contributed by atoms with Gasteiger partial charge in [-0.15, -0.1) is 11.6 Å². The normalized spacial score (nSPS) is 13.9. The summed E-state index contributed by atoms with van der Waals surface area (Å²) in [5, 5.41) is 0.0787. The molecule has 0 fully saturated rings. The Balaban J connectivity index is 2.86. The molecule has 1 unspecified atom stereocenters. The molecule has 0 N–H and O–H groups in total. The van der Waals surface area contributed by atoms with E-state index in [2.05, 4.69) is 0 Å². The smallest absolute Gasteiger partial charge is 0.101 e. The standard InChI is InChI=1S/C6H12ClO/c1-3-6(7)5-8-4-2/h5-6H,3-4H2,1-2H3. The molecule has 2 heteroatoms. The van der Waals surface area contributed by atoms with E-state index >= 15 is 0 Å². The van der Waals surface area contributed by atoms with Crippen LogP contribution in [0.15, 0.2) is 0 Å². The molecule has 1 radical (unpaired) electrons. The summed E-state index contributed by atoms with van der Waals surface area (Å²) in [7, 11) is 0. The van der Waals surface area contributed by atoms with Gasteiger partial charge in [0.05, 0.1) is 5.38 Å². The van der Waals surface area contributed by atoms with E-state index in [1.807, 2.05) is 13.8 Å². The Bertz CT molecular complexity index is 47.8. The fraction of sp³-hybridized carbons (Fsp3) is 0.833. The molecule has 0 aliphatic carbocycles. The summed E-state index contributed by atoms with van der Waals surface area (Å²) in [6.07, 6.45) is 0.932. The van der Waals surface area contributed by atoms with Gasteiger partial charge >= 0.3 is 0 Å². The topological polar surface area (TPSA) is 9.23 Å². The van der Waals surface area contributed by atoms with Crippen molar-refractivity contribution in [3.05, 3.63) is 6.61 Å². The molecule has 0 aliphatic rings. The van der Waals surface area contributed by atoms with Gasteiger partial charge in [-0.1, -0.05) is 6.92 Å². The Labute approximate surface area is 56.0 Å². The third-order valence-electron chi connectivity index (χ3n) is 0.801. The van der Waals surface area contributed by atoms with E-state index in [1.165, 1.54) is 0 Å². The molecule has 0 aromatic rings. The highest BCUT2D eigenvalue weighted by Crippen LogP contribution is 2.04. The van der Waals surface area contributed by atoms with Crippen LogP contribution < -0.4 is 0 Å². The van der Waals surface area contributed by atoms with Crippen LogP contribution in [0.1, 0.15) is 20.3 Å². The minimum absolute atomic E-state index is 0.0787. The van der Waals surface area contributed by atoms with E-state index < -0.39 is 0 Å². The van der Waals surface area contributed by atoms with Crippen LogP contribution in [-0.2, 0) is 4.74 Å². The first-order valence-electron chi connectivity index (χ1n) is 2.90. The van der Waals surface area contributed by atoms with Crippen LogP contribution in [0, 0.1) is 6.61 Å². The second-order valence-electron chi connectivity index (χ2n) is 1.52. The molecule has 0 aromatic carbocycles. The minimum Gasteiger partial charge on any atom is -0.374 e. The highest BCUT2D eigenvalue weighted by Gasteiger charge is 1.98. The summed E-state index contributed by atoms with van der Waals surface area (Å²) >= 11 is 5.66. The molecule has 0 rings (SSSR count). The van der Waals surface area contributed by atoms with Crippen molar-refractivity contribution in [2.24, 2.45) is 0 Å². The van der Waals surface area contributed by atoms with E-state index in [0.29, 0.717) is 6.61 Å². The van der Waals surface area contributed by atoms with Gasteiger partial charge in [0.1, 0.15) is 6.61 Å². The van der Waals surface area contributed by atoms with Gasteiger partial charge in [-0.05, 0) is 13.3 Å². The molecule has 1 atom stereocenters. The van der Waals surface area contributed by atoms with Gasteiger partial charge in [-0.25, -0.2) is 0 Å². The first-order chi connectivity index (χ1) is 3.81. The van der Waals surface area contributed by atoms with Gasteiger partial charge in [-0.3, -0.25) is 0 Å². The summed E-state index contributed by atoms with van der Waals surface area (Å²) in [4.78, 5) is 0. The maximum Gasteiger partial charge on any atom is 0.101 e. The van der Waals surface area contributed by atoms with Crippen LogP contribution >= 0.6 is 11.6 Å². The number of hydrogen-bond acceptors (Lipinski definition) is 1. The molecule has 0 aliphatic heterocycles. The number of rotatable bonds is 4. The Morgan fingerprint density at radius 1 is 1.62 bits per heavy atom. The number of hydrogen-bond donors (Lipinski definition) is 0. The molecule has 0 spiro atoms. The zero-order chi connectivity index (χ0) is 6.41. The Kier molecular flexibility index (Phi) is 5.56. The van der Waals surface area contributed by atoms with Crippen molar-refractivity contribution >= 4 is 11.6 Å². The molecule has 49 valence electrons. The van der Waals surface area contributed by atoms with E-state index in [4.69, 9.17) is 16.3 Å². The lowest BCUT2D eigenvalue weighted by atomic mass is 10.3. The Morgan fingerprint density at radius 3 is 2.62 bits per heavy atom. The highest BCUT2D eigenvalue weighted by molar-refractivity contribution is 6.21. The summed E-state index contributed by atoms with van der Waals surface area (Å²) in [6.45, 7) is 6.34. The molecule has 0 saturated carbocycles. The van der Waals surface area contributed by atoms with Gasteiger partial charge in [0, 0.05) is 6.61 Å². The third kappa shape index (κ3) is 4.41. The quantitative estimate of drug-likeness (QED) is 0.537. The molecular weight excluding hydrogens is 124 g/mol. The van der Waals surface area contributed by atoms with Gasteiger partial charge in [0.15, 0.2) is 0 Å². The average Bonchev–Trinajstić information content (AvgIpc) is 1.83. The van der Waals surface area contributed by atoms with Gasteiger partial charge in [0.25, 0.3) is 0 Å². The first kappa shape index (κ1) is 8.25. The predicted molar refractivity (Wildman–Crippen MR) is 35.9 cm³/mol. The van der Waals surface area contributed by atoms with Crippen LogP contribution in [0.25, 0.3) is 0 Å². The van der Waals surface area contributed by atoms with Crippen LogP contribution in [0.5, 0.6) is 0 Å². The van der Waals surface area contributed by atoms with Gasteiger partial charge < -0.3 is 4.74 Å². The van der Waals surface area contributed by atoms with Crippen molar-refractivity contribution in [1.29, 1.82) is 0 Å². The largest absolute Gasteiger partial charge is 0.374 e. The summed E-state index contributed by atoms with van der Waals surface area (Å²) in [5.41, 5.74) is 0. The van der Waals surface area contributed by atoms with Gasteiger partial charge in [0.2, 0.25) is 0 Å². The second kappa shape index (κ2) is 5.39. The highest BCUT2D eigenvalue weighted by atomic mass is 35.5. The van der Waals surface area contributed by atoms with E-state index in [9.17, 15) is 0 Å². The van der Waals surface area contributed by atoms with Crippen LogP contribution in [0.4, 0.5) is 0 Å². The summed E-state index contributed by atoms with van der Waals surface area (Å²) in [5.74, 6) is 0. The maximum atomic E-state index is 5.66. The molecule has 0 heterocycles. The van der Waals surface area contributed by atoms with E-state index in [0.717, 1.165) is 6.42 Å². The summed E-state index contributed by atoms with van der Waals surface area (Å²) < 4.78 is 4.93. The molecular formula is C6H12ClO. The number of alkyl halides is 1. The first-order valence-corrected chi connectivity index (χ1v) is 3.33. The molecule has 0 saturated heterocycles. The van der Waals surface area contributed by atoms with Gasteiger partial charge in [-0.2, -0.15) is 0 Å². The molecule has 0 bridgehead atoms. The third-order valence-corrected chi connectivity index (χ3v) is 1.21. The Morgan fingerprint density at radius 2 is 2.25 bits per heavy atom. The zero-order valence-electron chi connectivity index (χ0n) is 5.36. The Hall–Kier alpha value is 0.250. The minimum atomic E-state index is 0.0787. The van der Waals surface area contributed by atoms with Crippen LogP contribution in [-0.4, -0.2) is 12.0 Å². The van der Waals surface area contributed by atoms with Crippen molar-refractivity contribution in [1.82, 2.24) is 0 Å². The fourth-order valence-electron chi connectivity index (χ4n) is 0.297. The van der Waals surface area contributed by atoms with E-state index in [-0.39, 0.29) is 5.38 Å². The molecule has 8 heavy (non-hydrogen) atoms. The molecule has 0 aromatic heterocycles. The van der Waals surface area contributed by atoms with Crippen molar-refractivity contribution in [2.75, 3.05) is 6.61 Å². The maximum absolute atomic E-state index is 5.66. The lowest BCUT2D eigenvalue weighted by molar-refractivity contribution is 0.209. The average molecular weight is 136 g/mol. The van der Waals surface area contributed by atoms with Crippen molar-refractivity contribution in [3.8, 4) is 0 Å². The molecule has 1 nitrogen and oxygen atoms in total. The zero-order valence-corrected chi connectivity index (χ0v) is 6.11. The number of ether oxygens (including phenoxy) is 1. The number of halogens is 1. The fourth-order valence-corrected chi connectivity index (χ4v) is 0.370. The lowest BCUT2D eigenvalue weighted by Gasteiger charge is -2.02. The van der Waals surface area contributed by atoms with E-state index in [1.54, 1.807) is 6.61 Å². The molecule has 0 amide bonds. The van der Waals surface area contributed by atoms with Crippen molar-refractivity contribution in [3.63, 3.8) is 0 Å². The van der Waals surface area contributed by atoms with Crippen LogP contribution in [0.3, 0.4) is 0 Å². The predicted octanol–water partition coefficient (Wildman–Crippen LogP) is 2.20.